The number of nitrogens with one attached hydrogen (secondary N) is 1. The van der Waals surface area contributed by atoms with Crippen molar-refractivity contribution in [3.05, 3.63) is 48.0 Å². The number of fused-ring (bicyclic) bond motifs is 1. The molecule has 28 heavy (non-hydrogen) atoms. The predicted molar refractivity (Wildman–Crippen MR) is 106 cm³/mol. The van der Waals surface area contributed by atoms with E-state index in [0.717, 1.165) is 15.6 Å². The number of carbonyl (C=O) groups excluding carboxylic acids is 1. The van der Waals surface area contributed by atoms with Crippen molar-refractivity contribution in [2.45, 2.75) is 9.79 Å². The molecule has 12 heteroatoms. The maximum absolute atomic E-state index is 12.4. The molecular weight excluding hydrogens is 424 g/mol. The first-order valence-corrected chi connectivity index (χ1v) is 11.6. The summed E-state index contributed by atoms with van der Waals surface area (Å²) in [7, 11) is -4.57. The zero-order valence-corrected chi connectivity index (χ0v) is 17.2. The smallest absolute Gasteiger partial charge is 0.257 e. The molecular formula is C16H16N4O5S3. The fourth-order valence-corrected chi connectivity index (χ4v) is 4.71. The topological polar surface area (TPSA) is 140 Å². The number of carbonyl (C=O) groups is 1. The molecule has 3 N–H and O–H groups in total. The van der Waals surface area contributed by atoms with E-state index in [2.05, 4.69) is 10.3 Å². The highest BCUT2D eigenvalue weighted by Gasteiger charge is 2.18. The second-order valence-electron chi connectivity index (χ2n) is 5.96. The molecule has 0 atom stereocenters. The van der Waals surface area contributed by atoms with Gasteiger partial charge in [-0.15, -0.1) is 0 Å². The minimum absolute atomic E-state index is 0.0424. The Kier molecular flexibility index (Phi) is 5.25. The molecule has 0 aliphatic rings. The van der Waals surface area contributed by atoms with Gasteiger partial charge in [0, 0.05) is 19.7 Å². The Bertz CT molecular complexity index is 1260. The van der Waals surface area contributed by atoms with Crippen LogP contribution in [0.1, 0.15) is 10.4 Å². The molecule has 2 aromatic carbocycles. The molecule has 0 bridgehead atoms. The largest absolute Gasteiger partial charge is 0.298 e. The number of nitrogens with two attached hydrogens (primary N) is 1. The molecule has 3 aromatic rings. The van der Waals surface area contributed by atoms with Crippen molar-refractivity contribution in [2.75, 3.05) is 19.4 Å². The highest BCUT2D eigenvalue weighted by molar-refractivity contribution is 7.89. The molecule has 0 saturated carbocycles. The van der Waals surface area contributed by atoms with Crippen LogP contribution in [0.3, 0.4) is 0 Å². The van der Waals surface area contributed by atoms with Gasteiger partial charge in [-0.05, 0) is 42.5 Å². The molecule has 0 unspecified atom stereocenters. The van der Waals surface area contributed by atoms with Crippen molar-refractivity contribution < 1.29 is 21.6 Å². The number of anilines is 1. The third-order valence-corrected chi connectivity index (χ3v) is 7.48. The Hall–Kier alpha value is -2.38. The first-order valence-electron chi connectivity index (χ1n) is 7.76. The number of hydrogen-bond acceptors (Lipinski definition) is 7. The lowest BCUT2D eigenvalue weighted by Gasteiger charge is -2.11. The number of sulfonamides is 2. The summed E-state index contributed by atoms with van der Waals surface area (Å²) in [6, 6.07) is 9.73. The maximum atomic E-state index is 12.4. The van der Waals surface area contributed by atoms with Crippen molar-refractivity contribution >= 4 is 52.6 Å². The molecule has 1 aromatic heterocycles. The number of primary sulfonamides is 1. The number of aromatic nitrogens is 1. The Morgan fingerprint density at radius 3 is 2.21 bits per heavy atom. The van der Waals surface area contributed by atoms with Gasteiger partial charge in [0.15, 0.2) is 5.13 Å². The van der Waals surface area contributed by atoms with E-state index in [1.54, 1.807) is 0 Å². The Labute approximate surface area is 165 Å². The van der Waals surface area contributed by atoms with Crippen LogP contribution in [0.5, 0.6) is 0 Å². The second-order valence-corrected chi connectivity index (χ2v) is 10.7. The summed E-state index contributed by atoms with van der Waals surface area (Å²) in [6.07, 6.45) is 0. The van der Waals surface area contributed by atoms with E-state index in [0.29, 0.717) is 10.2 Å². The average Bonchev–Trinajstić information content (AvgIpc) is 3.02. The van der Waals surface area contributed by atoms with E-state index in [-0.39, 0.29) is 20.5 Å². The van der Waals surface area contributed by atoms with Crippen LogP contribution in [0, 0.1) is 0 Å². The Balaban J connectivity index is 1.83. The molecule has 0 spiro atoms. The lowest BCUT2D eigenvalue weighted by atomic mass is 10.2. The summed E-state index contributed by atoms with van der Waals surface area (Å²) in [5.41, 5.74) is 0.766. The summed E-state index contributed by atoms with van der Waals surface area (Å²) in [5, 5.41) is 8.00. The number of hydrogen-bond donors (Lipinski definition) is 2. The fraction of sp³-hybridized carbons (Fsp3) is 0.125. The quantitative estimate of drug-likeness (QED) is 0.615. The number of amides is 1. The summed E-state index contributed by atoms with van der Waals surface area (Å²) in [5.74, 6) is -0.473. The van der Waals surface area contributed by atoms with Crippen LogP contribution in [-0.4, -0.2) is 46.1 Å². The zero-order chi connectivity index (χ0) is 20.7. The van der Waals surface area contributed by atoms with E-state index < -0.39 is 26.0 Å². The third kappa shape index (κ3) is 4.05. The van der Waals surface area contributed by atoms with E-state index in [1.807, 2.05) is 0 Å². The number of nitrogens with zero attached hydrogens (tertiary/aromatic N) is 2. The molecule has 0 aliphatic carbocycles. The van der Waals surface area contributed by atoms with Crippen LogP contribution in [0.25, 0.3) is 10.2 Å². The Morgan fingerprint density at radius 2 is 1.64 bits per heavy atom. The molecule has 1 amide bonds. The molecule has 0 aliphatic heterocycles. The van der Waals surface area contributed by atoms with Crippen LogP contribution in [-0.2, 0) is 20.0 Å². The Morgan fingerprint density at radius 1 is 1.04 bits per heavy atom. The minimum atomic E-state index is -3.83. The van der Waals surface area contributed by atoms with Crippen LogP contribution >= 0.6 is 11.3 Å². The average molecular weight is 441 g/mol. The highest BCUT2D eigenvalue weighted by atomic mass is 32.2. The van der Waals surface area contributed by atoms with Crippen LogP contribution in [0.2, 0.25) is 0 Å². The SMILES string of the molecule is CN(C)S(=O)(=O)c1ccc(C(=O)Nc2nc3ccc(S(N)(=O)=O)cc3s2)cc1. The van der Waals surface area contributed by atoms with Crippen molar-refractivity contribution in [3.8, 4) is 0 Å². The van der Waals surface area contributed by atoms with Crippen LogP contribution < -0.4 is 10.5 Å². The van der Waals surface area contributed by atoms with Gasteiger partial charge >= 0.3 is 0 Å². The summed E-state index contributed by atoms with van der Waals surface area (Å²) >= 11 is 1.10. The molecule has 3 rings (SSSR count). The molecule has 148 valence electrons. The fourth-order valence-electron chi connectivity index (χ4n) is 2.29. The predicted octanol–water partition coefficient (Wildman–Crippen LogP) is 1.45. The van der Waals surface area contributed by atoms with Gasteiger partial charge in [0.25, 0.3) is 5.91 Å². The van der Waals surface area contributed by atoms with Crippen molar-refractivity contribution in [1.82, 2.24) is 9.29 Å². The van der Waals surface area contributed by atoms with Gasteiger partial charge < -0.3 is 0 Å². The molecule has 9 nitrogen and oxygen atoms in total. The lowest BCUT2D eigenvalue weighted by Crippen LogP contribution is -2.22. The van der Waals surface area contributed by atoms with Gasteiger partial charge in [-0.2, -0.15) is 0 Å². The first-order chi connectivity index (χ1) is 13.0. The highest BCUT2D eigenvalue weighted by Crippen LogP contribution is 2.28. The minimum Gasteiger partial charge on any atom is -0.298 e. The van der Waals surface area contributed by atoms with Gasteiger partial charge in [-0.3, -0.25) is 10.1 Å². The lowest BCUT2D eigenvalue weighted by molar-refractivity contribution is 0.102. The van der Waals surface area contributed by atoms with E-state index in [9.17, 15) is 21.6 Å². The molecule has 0 radical (unpaired) electrons. The standard InChI is InChI=1S/C16H16N4O5S3/c1-20(2)28(24,25)11-5-3-10(4-6-11)15(21)19-16-18-13-8-7-12(27(17,22)23)9-14(13)26-16/h3-9H,1-2H3,(H2,17,22,23)(H,18,19,21). The summed E-state index contributed by atoms with van der Waals surface area (Å²) in [4.78, 5) is 16.7. The molecule has 1 heterocycles. The van der Waals surface area contributed by atoms with Gasteiger partial charge in [0.2, 0.25) is 20.0 Å². The zero-order valence-electron chi connectivity index (χ0n) is 14.8. The summed E-state index contributed by atoms with van der Waals surface area (Å²) < 4.78 is 48.6. The maximum Gasteiger partial charge on any atom is 0.257 e. The number of thiazole rings is 1. The molecule has 0 saturated heterocycles. The van der Waals surface area contributed by atoms with Gasteiger partial charge in [0.1, 0.15) is 0 Å². The second kappa shape index (κ2) is 7.22. The number of benzene rings is 2. The monoisotopic (exact) mass is 440 g/mol. The van der Waals surface area contributed by atoms with E-state index in [4.69, 9.17) is 5.14 Å². The molecule has 0 fully saturated rings. The van der Waals surface area contributed by atoms with Gasteiger partial charge in [-0.25, -0.2) is 31.3 Å². The van der Waals surface area contributed by atoms with Gasteiger partial charge in [-0.1, -0.05) is 11.3 Å². The first kappa shape index (κ1) is 20.4. The van der Waals surface area contributed by atoms with Gasteiger partial charge in [0.05, 0.1) is 20.0 Å². The van der Waals surface area contributed by atoms with Crippen molar-refractivity contribution in [1.29, 1.82) is 0 Å². The van der Waals surface area contributed by atoms with Crippen LogP contribution in [0.15, 0.2) is 52.3 Å². The van der Waals surface area contributed by atoms with Crippen molar-refractivity contribution in [2.24, 2.45) is 5.14 Å². The van der Waals surface area contributed by atoms with E-state index in [1.165, 1.54) is 56.6 Å². The van der Waals surface area contributed by atoms with Crippen LogP contribution in [0.4, 0.5) is 5.13 Å². The van der Waals surface area contributed by atoms with Crippen molar-refractivity contribution in [3.63, 3.8) is 0 Å². The van der Waals surface area contributed by atoms with E-state index >= 15 is 0 Å². The number of rotatable bonds is 5. The third-order valence-electron chi connectivity index (χ3n) is 3.80. The summed E-state index contributed by atoms with van der Waals surface area (Å²) in [6.45, 7) is 0. The normalized spacial score (nSPS) is 12.4.